The Kier molecular flexibility index (Phi) is 7.41. The number of carbonyl (C=O) groups is 2. The molecule has 5 atom stereocenters. The highest BCUT2D eigenvalue weighted by Gasteiger charge is 2.46. The second kappa shape index (κ2) is 10.2. The fourth-order valence-electron chi connectivity index (χ4n) is 5.23. The number of carbonyl (C=O) groups excluding carboxylic acids is 2. The van der Waals surface area contributed by atoms with Crippen molar-refractivity contribution in [1.82, 2.24) is 14.8 Å². The zero-order valence-corrected chi connectivity index (χ0v) is 21.9. The molecule has 1 aromatic carbocycles. The summed E-state index contributed by atoms with van der Waals surface area (Å²) in [4.78, 5) is 41.9. The van der Waals surface area contributed by atoms with Crippen molar-refractivity contribution < 1.29 is 27.8 Å². The summed E-state index contributed by atoms with van der Waals surface area (Å²) in [6.07, 6.45) is 1.36. The zero-order valence-electron chi connectivity index (χ0n) is 21.9. The molecule has 2 aliphatic heterocycles. The van der Waals surface area contributed by atoms with E-state index < -0.39 is 35.2 Å². The Morgan fingerprint density at radius 2 is 1.89 bits per heavy atom. The van der Waals surface area contributed by atoms with E-state index in [1.54, 1.807) is 4.90 Å². The smallest absolute Gasteiger partial charge is 0.276 e. The molecule has 37 heavy (non-hydrogen) atoms. The maximum Gasteiger partial charge on any atom is 0.276 e. The van der Waals surface area contributed by atoms with Crippen LogP contribution in [0, 0.1) is 23.5 Å². The van der Waals surface area contributed by atoms with E-state index in [1.807, 2.05) is 6.92 Å². The Morgan fingerprint density at radius 3 is 2.51 bits per heavy atom. The first kappa shape index (κ1) is 26.8. The maximum absolute atomic E-state index is 14.2. The minimum absolute atomic E-state index is 0.0667. The van der Waals surface area contributed by atoms with Crippen molar-refractivity contribution in [1.29, 1.82) is 0 Å². The van der Waals surface area contributed by atoms with Gasteiger partial charge in [0.15, 0.2) is 17.7 Å². The number of nitrogens with zero attached hydrogens (tertiary/aromatic N) is 2. The first-order valence-electron chi connectivity index (χ1n) is 12.5. The lowest BCUT2D eigenvalue weighted by Crippen LogP contribution is -2.61. The van der Waals surface area contributed by atoms with Crippen LogP contribution in [0.15, 0.2) is 29.2 Å². The van der Waals surface area contributed by atoms with Crippen molar-refractivity contribution in [2.45, 2.75) is 72.0 Å². The van der Waals surface area contributed by atoms with E-state index in [4.69, 9.17) is 9.47 Å². The molecule has 200 valence electrons. The second-order valence-corrected chi connectivity index (χ2v) is 10.3. The van der Waals surface area contributed by atoms with Gasteiger partial charge in [-0.15, -0.1) is 0 Å². The average Bonchev–Trinajstić information content (AvgIpc) is 2.82. The predicted molar refractivity (Wildman–Crippen MR) is 132 cm³/mol. The zero-order chi connectivity index (χ0) is 27.2. The molecule has 2 unspecified atom stereocenters. The van der Waals surface area contributed by atoms with Crippen molar-refractivity contribution in [3.63, 3.8) is 0 Å². The monoisotopic (exact) mass is 517 g/mol. The summed E-state index contributed by atoms with van der Waals surface area (Å²) < 4.78 is 40.5. The Labute approximate surface area is 214 Å². The number of pyridine rings is 1. The van der Waals surface area contributed by atoms with Gasteiger partial charge in [0.25, 0.3) is 11.8 Å². The molecular formula is C27H33F2N3O5. The first-order valence-corrected chi connectivity index (χ1v) is 12.5. The fraction of sp³-hybridized carbons (Fsp3) is 0.519. The normalized spacial score (nSPS) is 22.8. The van der Waals surface area contributed by atoms with Gasteiger partial charge in [-0.1, -0.05) is 26.8 Å². The Balaban J connectivity index is 1.71. The molecule has 0 bridgehead atoms. The summed E-state index contributed by atoms with van der Waals surface area (Å²) in [6, 6.07) is 2.12. The number of methoxy groups -OCH3 is 1. The largest absolute Gasteiger partial charge is 0.491 e. The Hall–Kier alpha value is -3.27. The van der Waals surface area contributed by atoms with Crippen LogP contribution in [0.2, 0.25) is 0 Å². The molecule has 8 nitrogen and oxygen atoms in total. The van der Waals surface area contributed by atoms with Gasteiger partial charge in [0.2, 0.25) is 5.43 Å². The summed E-state index contributed by atoms with van der Waals surface area (Å²) in [5, 5.41) is 2.58. The molecule has 0 radical (unpaired) electrons. The molecule has 1 N–H and O–H groups in total. The van der Waals surface area contributed by atoms with Crippen molar-refractivity contribution in [2.75, 3.05) is 7.11 Å². The van der Waals surface area contributed by atoms with Gasteiger partial charge < -0.3 is 24.3 Å². The van der Waals surface area contributed by atoms with Gasteiger partial charge in [-0.05, 0) is 38.2 Å². The summed E-state index contributed by atoms with van der Waals surface area (Å²) in [5.74, 6) is -2.41. The molecule has 0 saturated carbocycles. The number of halogens is 2. The van der Waals surface area contributed by atoms with Gasteiger partial charge in [-0.25, -0.2) is 8.78 Å². The summed E-state index contributed by atoms with van der Waals surface area (Å²) in [5.41, 5.74) is -0.866. The van der Waals surface area contributed by atoms with Crippen LogP contribution in [0.4, 0.5) is 8.78 Å². The topological polar surface area (TPSA) is 89.9 Å². The minimum atomic E-state index is -0.850. The van der Waals surface area contributed by atoms with Crippen molar-refractivity contribution in [2.24, 2.45) is 11.8 Å². The molecule has 2 aromatic rings. The number of hydrogen-bond acceptors (Lipinski definition) is 5. The van der Waals surface area contributed by atoms with Gasteiger partial charge >= 0.3 is 0 Å². The van der Waals surface area contributed by atoms with Crippen molar-refractivity contribution in [3.8, 4) is 5.75 Å². The molecule has 1 saturated heterocycles. The molecule has 1 fully saturated rings. The average molecular weight is 518 g/mol. The fourth-order valence-corrected chi connectivity index (χ4v) is 5.23. The summed E-state index contributed by atoms with van der Waals surface area (Å²) in [7, 11) is 1.28. The number of ether oxygens (including phenoxy) is 2. The van der Waals surface area contributed by atoms with E-state index in [0.717, 1.165) is 12.1 Å². The number of benzene rings is 1. The maximum atomic E-state index is 14.2. The molecule has 0 spiro atoms. The van der Waals surface area contributed by atoms with Gasteiger partial charge in [-0.3, -0.25) is 14.4 Å². The SMILES string of the molecule is COc1c2n(cc(C(=O)N[C@H](C)c3ccc(F)cc3F)c1=O)C[C@@H]1OC(C)CC([C@@H](C)C(C)C)N1C2=O. The van der Waals surface area contributed by atoms with E-state index >= 15 is 0 Å². The molecule has 3 heterocycles. The van der Waals surface area contributed by atoms with Crippen LogP contribution >= 0.6 is 0 Å². The number of aromatic nitrogens is 1. The molecule has 1 aromatic heterocycles. The third kappa shape index (κ3) is 4.86. The predicted octanol–water partition coefficient (Wildman–Crippen LogP) is 3.88. The van der Waals surface area contributed by atoms with Gasteiger partial charge in [0, 0.05) is 23.9 Å². The molecule has 0 aliphatic carbocycles. The van der Waals surface area contributed by atoms with Crippen LogP contribution in [0.3, 0.4) is 0 Å². The second-order valence-electron chi connectivity index (χ2n) is 10.3. The molecular weight excluding hydrogens is 484 g/mol. The highest BCUT2D eigenvalue weighted by atomic mass is 19.1. The van der Waals surface area contributed by atoms with Crippen LogP contribution in [0.25, 0.3) is 0 Å². The van der Waals surface area contributed by atoms with Crippen LogP contribution in [-0.4, -0.2) is 46.8 Å². The standard InChI is InChI=1S/C27H33F2N3O5/c1-13(2)15(4)21-9-14(3)37-22-12-31-11-19(24(33)25(36-6)23(31)27(35)32(21)22)26(34)30-16(5)18-8-7-17(28)10-20(18)29/h7-8,10-11,13-16,21-22H,9,12H2,1-6H3,(H,30,34)/t14?,15-,16+,21?,22-/m0/s1. The summed E-state index contributed by atoms with van der Waals surface area (Å²) >= 11 is 0. The minimum Gasteiger partial charge on any atom is -0.491 e. The quantitative estimate of drug-likeness (QED) is 0.628. The van der Waals surface area contributed by atoms with Crippen LogP contribution in [-0.2, 0) is 11.3 Å². The molecule has 10 heteroatoms. The molecule has 2 amide bonds. The Morgan fingerprint density at radius 1 is 1.19 bits per heavy atom. The lowest BCUT2D eigenvalue weighted by molar-refractivity contribution is -0.160. The third-order valence-electron chi connectivity index (χ3n) is 7.54. The first-order chi connectivity index (χ1) is 17.4. The highest BCUT2D eigenvalue weighted by Crippen LogP contribution is 2.36. The Bertz CT molecular complexity index is 1280. The van der Waals surface area contributed by atoms with Crippen molar-refractivity contribution in [3.05, 3.63) is 63.1 Å². The molecule has 2 aliphatic rings. The van der Waals surface area contributed by atoms with Crippen LogP contribution in [0.1, 0.15) is 73.5 Å². The molecule has 4 rings (SSSR count). The lowest BCUT2D eigenvalue weighted by atomic mass is 9.84. The van der Waals surface area contributed by atoms with E-state index in [1.165, 1.54) is 30.9 Å². The van der Waals surface area contributed by atoms with E-state index in [0.29, 0.717) is 12.3 Å². The van der Waals surface area contributed by atoms with Gasteiger partial charge in [-0.2, -0.15) is 0 Å². The summed E-state index contributed by atoms with van der Waals surface area (Å²) in [6.45, 7) is 10.0. The number of hydrogen-bond donors (Lipinski definition) is 1. The van der Waals surface area contributed by atoms with E-state index in [-0.39, 0.29) is 53.1 Å². The number of nitrogens with one attached hydrogen (secondary N) is 1. The number of amides is 2. The van der Waals surface area contributed by atoms with E-state index in [9.17, 15) is 23.2 Å². The lowest BCUT2D eigenvalue weighted by Gasteiger charge is -2.50. The number of rotatable bonds is 6. The van der Waals surface area contributed by atoms with Gasteiger partial charge in [0.05, 0.1) is 25.8 Å². The third-order valence-corrected chi connectivity index (χ3v) is 7.54. The highest BCUT2D eigenvalue weighted by molar-refractivity contribution is 5.99. The van der Waals surface area contributed by atoms with Crippen molar-refractivity contribution >= 4 is 11.8 Å². The van der Waals surface area contributed by atoms with Gasteiger partial charge in [0.1, 0.15) is 17.2 Å². The van der Waals surface area contributed by atoms with E-state index in [2.05, 4.69) is 26.1 Å². The van der Waals surface area contributed by atoms with Crippen LogP contribution in [0.5, 0.6) is 5.75 Å². The number of fused-ring (bicyclic) bond motifs is 2. The van der Waals surface area contributed by atoms with Crippen LogP contribution < -0.4 is 15.5 Å².